The average molecular weight is 67.0 g/mol. The van der Waals surface area contributed by atoms with Crippen LogP contribution in [-0.4, -0.2) is 10.5 Å². The fourth-order valence-electron chi connectivity index (χ4n) is 0. The summed E-state index contributed by atoms with van der Waals surface area (Å²) in [5.41, 5.74) is 0. The van der Waals surface area contributed by atoms with E-state index in [2.05, 4.69) is 0 Å². The Labute approximate surface area is 23.3 Å². The largest absolute Gasteiger partial charge is 1.00 e. The topological polar surface area (TPSA) is 74.6 Å². The van der Waals surface area contributed by atoms with E-state index in [9.17, 15) is 0 Å². The Kier molecular flexibility index (Phi) is 61.1. The summed E-state index contributed by atoms with van der Waals surface area (Å²) in [7, 11) is 0. The molecular weight excluding hydrogens is 64.0 g/mol. The van der Waals surface area contributed by atoms with Crippen LogP contribution in [0.2, 0.25) is 0 Å². The van der Waals surface area contributed by atoms with Gasteiger partial charge in [0.2, 0.25) is 0 Å². The van der Waals surface area contributed by atoms with Gasteiger partial charge in [-0.3, -0.25) is 10.5 Å². The lowest BCUT2D eigenvalue weighted by Gasteiger charge is -1.25. The van der Waals surface area contributed by atoms with Gasteiger partial charge in [-0.25, -0.2) is 0 Å². The molecule has 0 aromatic heterocycles. The van der Waals surface area contributed by atoms with Crippen LogP contribution in [-0.2, 0) is 0 Å². The van der Waals surface area contributed by atoms with Gasteiger partial charge in [0.25, 0.3) is 0 Å². The summed E-state index contributed by atoms with van der Waals surface area (Å²) < 4.78 is 0. The van der Waals surface area contributed by atoms with Crippen molar-refractivity contribution in [1.29, 1.82) is 0 Å². The molecule has 0 aliphatic rings. The van der Waals surface area contributed by atoms with Crippen molar-refractivity contribution < 1.29 is 11.9 Å². The Hall–Kier alpha value is -0.480. The van der Waals surface area contributed by atoms with Gasteiger partial charge >= 0.3 is 1.43 Å². The van der Waals surface area contributed by atoms with Gasteiger partial charge in [-0.15, -0.1) is 0 Å². The maximum atomic E-state index is 7.00. The highest BCUT2D eigenvalue weighted by Crippen LogP contribution is 0.741. The van der Waals surface area contributed by atoms with Crippen LogP contribution in [0.4, 0.5) is 0 Å². The van der Waals surface area contributed by atoms with Crippen LogP contribution in [0, 0.1) is 9.93 Å². The van der Waals surface area contributed by atoms with E-state index in [1.54, 1.807) is 0 Å². The molecule has 4 heteroatoms. The van der Waals surface area contributed by atoms with Crippen molar-refractivity contribution in [3.8, 4) is 0 Å². The molecule has 0 radical (unpaired) electrons. The molecule has 0 amide bonds. The molecule has 4 nitrogen and oxygen atoms in total. The van der Waals surface area contributed by atoms with Crippen LogP contribution < -0.4 is 0 Å². The monoisotopic (exact) mass is 67.0 g/mol. The number of hydrogen-bond acceptors (Lipinski definition) is 4. The van der Waals surface area contributed by atoms with Crippen molar-refractivity contribution in [1.82, 2.24) is 0 Å². The second-order valence-electron chi connectivity index (χ2n) is 0. The minimum Gasteiger partial charge on any atom is -0.255 e. The van der Waals surface area contributed by atoms with Gasteiger partial charge in [0, 0.05) is 9.93 Å². The quantitative estimate of drug-likeness (QED) is 0.313. The van der Waals surface area contributed by atoms with Crippen LogP contribution in [0.5, 0.6) is 0 Å². The van der Waals surface area contributed by atoms with Gasteiger partial charge in [0.1, 0.15) is 0 Å². The molecule has 0 spiro atoms. The molecule has 0 bridgehead atoms. The first-order valence-corrected chi connectivity index (χ1v) is 0.367. The first-order chi connectivity index (χ1) is 2.00. The summed E-state index contributed by atoms with van der Waals surface area (Å²) in [4.78, 5) is 14.0. The van der Waals surface area contributed by atoms with Gasteiger partial charge < -0.3 is 0 Å². The summed E-state index contributed by atoms with van der Waals surface area (Å²) in [5.74, 6) is 0. The minimum atomic E-state index is 0. The lowest BCUT2D eigenvalue weighted by Crippen LogP contribution is -1.29. The molecular formula is H3O4+. The molecule has 0 saturated heterocycles. The summed E-state index contributed by atoms with van der Waals surface area (Å²) in [5, 5.41) is 12.0. The Morgan fingerprint density at radius 3 is 1.25 bits per heavy atom. The van der Waals surface area contributed by atoms with E-state index in [0.29, 0.717) is 0 Å². The van der Waals surface area contributed by atoms with Crippen molar-refractivity contribution in [3.63, 3.8) is 0 Å². The SMILES string of the molecule is O=O.OO.[H+]. The van der Waals surface area contributed by atoms with Crippen molar-refractivity contribution in [2.45, 2.75) is 0 Å². The third-order valence-electron chi connectivity index (χ3n) is 0. The molecule has 0 aromatic carbocycles. The molecule has 4 heavy (non-hydrogen) atoms. The summed E-state index contributed by atoms with van der Waals surface area (Å²) in [6.45, 7) is 0. The van der Waals surface area contributed by atoms with Crippen LogP contribution in [0.3, 0.4) is 0 Å². The third-order valence-corrected chi connectivity index (χ3v) is 0. The lowest BCUT2D eigenvalue weighted by molar-refractivity contribution is -0.176. The van der Waals surface area contributed by atoms with Crippen molar-refractivity contribution in [2.75, 3.05) is 0 Å². The zero-order valence-electron chi connectivity index (χ0n) is 2.71. The standard InChI is InChI=1S/H2O2.O2/c2*1-2/h1-2H;/p+1. The zero-order chi connectivity index (χ0) is 4.00. The van der Waals surface area contributed by atoms with Crippen LogP contribution >= 0.6 is 0 Å². The van der Waals surface area contributed by atoms with E-state index < -0.39 is 0 Å². The molecule has 0 fully saturated rings. The molecule has 0 unspecified atom stereocenters. The van der Waals surface area contributed by atoms with E-state index in [-0.39, 0.29) is 1.43 Å². The fraction of sp³-hybridized carbons (Fsp3) is 0. The van der Waals surface area contributed by atoms with E-state index in [4.69, 9.17) is 20.4 Å². The highest BCUT2D eigenvalue weighted by atomic mass is 17.0. The number of hydrogen-bond donors (Lipinski definition) is 2. The normalized spacial score (nSPS) is 2.50. The molecule has 26 valence electrons. The summed E-state index contributed by atoms with van der Waals surface area (Å²) in [6, 6.07) is 0. The smallest absolute Gasteiger partial charge is 0.255 e. The predicted octanol–water partition coefficient (Wildman–Crippen LogP) is 0.197. The van der Waals surface area contributed by atoms with E-state index >= 15 is 0 Å². The Morgan fingerprint density at radius 1 is 1.25 bits per heavy atom. The van der Waals surface area contributed by atoms with Gasteiger partial charge in [0.05, 0.1) is 0 Å². The summed E-state index contributed by atoms with van der Waals surface area (Å²) in [6.07, 6.45) is 0. The average Bonchev–Trinajstić information content (AvgIpc) is 1.50. The zero-order valence-corrected chi connectivity index (χ0v) is 1.71. The first-order valence-electron chi connectivity index (χ1n) is 0.367. The molecule has 0 heterocycles. The molecule has 0 rings (SSSR count). The van der Waals surface area contributed by atoms with Gasteiger partial charge in [-0.05, 0) is 0 Å². The first kappa shape index (κ1) is 9.68. The lowest BCUT2D eigenvalue weighted by atomic mass is 15.0. The molecule has 2 N–H and O–H groups in total. The van der Waals surface area contributed by atoms with Gasteiger partial charge in [-0.1, -0.05) is 0 Å². The highest BCUT2D eigenvalue weighted by Gasteiger charge is 0.746. The second-order valence-corrected chi connectivity index (χ2v) is 0. The van der Waals surface area contributed by atoms with Crippen LogP contribution in [0.1, 0.15) is 1.43 Å². The highest BCUT2D eigenvalue weighted by molar-refractivity contribution is 4.07. The Bertz CT molecular complexity index is 3.61. The van der Waals surface area contributed by atoms with E-state index in [0.717, 1.165) is 0 Å². The second kappa shape index (κ2) is 25.3. The fourth-order valence-corrected chi connectivity index (χ4v) is 0. The van der Waals surface area contributed by atoms with Crippen LogP contribution in [0.25, 0.3) is 0 Å². The minimum absolute atomic E-state index is 0. The third kappa shape index (κ3) is 1.78. The predicted molar refractivity (Wildman–Crippen MR) is 13.1 cm³/mol. The molecule has 0 aromatic rings. The van der Waals surface area contributed by atoms with Gasteiger partial charge in [-0.2, -0.15) is 0 Å². The Morgan fingerprint density at radius 2 is 1.25 bits per heavy atom. The van der Waals surface area contributed by atoms with E-state index in [1.165, 1.54) is 0 Å². The molecule has 0 atom stereocenters. The van der Waals surface area contributed by atoms with Crippen molar-refractivity contribution >= 4 is 0 Å². The molecule has 0 aliphatic carbocycles. The maximum absolute atomic E-state index is 7.00. The van der Waals surface area contributed by atoms with Gasteiger partial charge in [0.15, 0.2) is 0 Å². The molecule has 0 aliphatic heterocycles. The maximum Gasteiger partial charge on any atom is 1.00 e. The molecule has 0 saturated carbocycles. The number of rotatable bonds is 0. The van der Waals surface area contributed by atoms with Crippen LogP contribution in [0.15, 0.2) is 0 Å². The summed E-state index contributed by atoms with van der Waals surface area (Å²) >= 11 is 0. The van der Waals surface area contributed by atoms with Crippen molar-refractivity contribution in [2.24, 2.45) is 0 Å². The van der Waals surface area contributed by atoms with E-state index in [1.807, 2.05) is 0 Å². The Balaban J connectivity index is -0.0000000133. The van der Waals surface area contributed by atoms with Crippen molar-refractivity contribution in [3.05, 3.63) is 9.93 Å².